The van der Waals surface area contributed by atoms with Gasteiger partial charge in [0, 0.05) is 36.9 Å². The molecule has 12 nitrogen and oxygen atoms in total. The van der Waals surface area contributed by atoms with Crippen LogP contribution in [0.1, 0.15) is 100.0 Å². The van der Waals surface area contributed by atoms with Gasteiger partial charge in [0.05, 0.1) is 36.3 Å². The molecule has 1 aromatic rings. The van der Waals surface area contributed by atoms with Gasteiger partial charge in [-0.15, -0.1) is 0 Å². The normalized spacial score (nSPS) is 41.6. The Labute approximate surface area is 320 Å². The Morgan fingerprint density at radius 3 is 2.26 bits per heavy atom. The zero-order valence-electron chi connectivity index (χ0n) is 33.9. The second-order valence-corrected chi connectivity index (χ2v) is 16.9. The lowest BCUT2D eigenvalue weighted by atomic mass is 9.73. The van der Waals surface area contributed by atoms with Gasteiger partial charge in [-0.2, -0.15) is 0 Å². The van der Waals surface area contributed by atoms with E-state index in [0.717, 1.165) is 12.8 Å². The summed E-state index contributed by atoms with van der Waals surface area (Å²) >= 11 is 0. The van der Waals surface area contributed by atoms with Crippen molar-refractivity contribution in [3.05, 3.63) is 35.6 Å². The summed E-state index contributed by atoms with van der Waals surface area (Å²) in [6, 6.07) is 5.59. The van der Waals surface area contributed by atoms with Gasteiger partial charge in [0.2, 0.25) is 0 Å². The SMILES string of the molecule is CC[C@H]1OC(=O)[C@H](C)[C@@H](OC(=O)Cc2cccc(F)c2)[C@H](C)[C@@H](O[C@]2(C)O[C@H](C)C[C@H](N(C)C3CC3)[C@H]2O)[C@](C)(OC)C[C@@H](C)C(=O)[C@H](C)[C@@H](O)[C@]1(C)O. The third kappa shape index (κ3) is 9.53. The van der Waals surface area contributed by atoms with E-state index >= 15 is 0 Å². The number of nitrogens with zero attached hydrogens (tertiary/aromatic N) is 1. The fraction of sp³-hybridized carbons (Fsp3) is 0.780. The number of likely N-dealkylation sites (N-methyl/N-ethyl adjacent to an activating group) is 1. The van der Waals surface area contributed by atoms with Crippen molar-refractivity contribution in [1.82, 2.24) is 4.90 Å². The molecule has 54 heavy (non-hydrogen) atoms. The van der Waals surface area contributed by atoms with Crippen LogP contribution in [0.4, 0.5) is 4.39 Å². The number of carbonyl (C=O) groups excluding carboxylic acids is 3. The molecule has 0 amide bonds. The molecule has 2 saturated heterocycles. The van der Waals surface area contributed by atoms with E-state index in [1.54, 1.807) is 40.7 Å². The topological polar surface area (TPSA) is 161 Å². The lowest BCUT2D eigenvalue weighted by molar-refractivity contribution is -0.359. The molecule has 0 aromatic heterocycles. The van der Waals surface area contributed by atoms with Crippen molar-refractivity contribution in [3.8, 4) is 0 Å². The maximum Gasteiger partial charge on any atom is 0.312 e. The predicted octanol–water partition coefficient (Wildman–Crippen LogP) is 4.37. The summed E-state index contributed by atoms with van der Waals surface area (Å²) in [7, 11) is 3.45. The van der Waals surface area contributed by atoms with Gasteiger partial charge in [-0.3, -0.25) is 19.3 Å². The molecule has 3 fully saturated rings. The number of ether oxygens (including phenoxy) is 5. The van der Waals surface area contributed by atoms with Crippen LogP contribution in [0.5, 0.6) is 0 Å². The Hall–Kier alpha value is -2.52. The molecule has 1 aromatic carbocycles. The molecular weight excluding hydrogens is 701 g/mol. The van der Waals surface area contributed by atoms with Crippen molar-refractivity contribution in [2.75, 3.05) is 14.2 Å². The van der Waals surface area contributed by atoms with Gasteiger partial charge in [0.25, 0.3) is 0 Å². The average molecular weight is 766 g/mol. The Bertz CT molecular complexity index is 1470. The van der Waals surface area contributed by atoms with Crippen LogP contribution in [-0.2, 0) is 44.5 Å². The van der Waals surface area contributed by atoms with E-state index < -0.39 is 88.9 Å². The summed E-state index contributed by atoms with van der Waals surface area (Å²) in [5, 5.41) is 35.0. The van der Waals surface area contributed by atoms with Crippen LogP contribution < -0.4 is 0 Å². The van der Waals surface area contributed by atoms with E-state index in [2.05, 4.69) is 4.90 Å². The van der Waals surface area contributed by atoms with Crippen LogP contribution in [0.2, 0.25) is 0 Å². The Morgan fingerprint density at radius 1 is 1.04 bits per heavy atom. The van der Waals surface area contributed by atoms with Gasteiger partial charge in [0.15, 0.2) is 5.79 Å². The summed E-state index contributed by atoms with van der Waals surface area (Å²) < 4.78 is 45.8. The molecule has 306 valence electrons. The molecule has 0 spiro atoms. The second kappa shape index (κ2) is 17.3. The molecule has 0 unspecified atom stereocenters. The van der Waals surface area contributed by atoms with Crippen molar-refractivity contribution >= 4 is 17.7 Å². The molecule has 3 aliphatic rings. The lowest BCUT2D eigenvalue weighted by Gasteiger charge is -2.52. The summed E-state index contributed by atoms with van der Waals surface area (Å²) in [4.78, 5) is 44.0. The first-order valence-electron chi connectivity index (χ1n) is 19.5. The third-order valence-corrected chi connectivity index (χ3v) is 12.4. The number of ketones is 1. The minimum absolute atomic E-state index is 0.0453. The van der Waals surface area contributed by atoms with Crippen LogP contribution in [0.25, 0.3) is 0 Å². The highest BCUT2D eigenvalue weighted by atomic mass is 19.1. The maximum atomic E-state index is 14.1. The first-order valence-corrected chi connectivity index (χ1v) is 19.5. The first-order chi connectivity index (χ1) is 25.1. The zero-order chi connectivity index (χ0) is 40.5. The van der Waals surface area contributed by atoms with Gasteiger partial charge in [-0.1, -0.05) is 39.8 Å². The van der Waals surface area contributed by atoms with Crippen LogP contribution in [0.3, 0.4) is 0 Å². The molecule has 1 aliphatic carbocycles. The van der Waals surface area contributed by atoms with Crippen LogP contribution >= 0.6 is 0 Å². The summed E-state index contributed by atoms with van der Waals surface area (Å²) in [5.41, 5.74) is -3.00. The van der Waals surface area contributed by atoms with Crippen molar-refractivity contribution in [1.29, 1.82) is 0 Å². The number of benzene rings is 1. The highest BCUT2D eigenvalue weighted by molar-refractivity contribution is 5.83. The number of cyclic esters (lactones) is 1. The number of hydrogen-bond donors (Lipinski definition) is 3. The van der Waals surface area contributed by atoms with Crippen molar-refractivity contribution in [3.63, 3.8) is 0 Å². The second-order valence-electron chi connectivity index (χ2n) is 16.9. The Morgan fingerprint density at radius 2 is 1.69 bits per heavy atom. The van der Waals surface area contributed by atoms with Gasteiger partial charge in [-0.25, -0.2) is 4.39 Å². The third-order valence-electron chi connectivity index (χ3n) is 12.4. The summed E-state index contributed by atoms with van der Waals surface area (Å²) in [6.07, 6.45) is -4.16. The van der Waals surface area contributed by atoms with E-state index in [9.17, 15) is 34.1 Å². The molecule has 13 heteroatoms. The average Bonchev–Trinajstić information content (AvgIpc) is 3.97. The van der Waals surface area contributed by atoms with Gasteiger partial charge >= 0.3 is 11.9 Å². The predicted molar refractivity (Wildman–Crippen MR) is 198 cm³/mol. The van der Waals surface area contributed by atoms with Crippen molar-refractivity contribution in [2.24, 2.45) is 23.7 Å². The van der Waals surface area contributed by atoms with E-state index in [0.29, 0.717) is 18.0 Å². The van der Waals surface area contributed by atoms with Gasteiger partial charge < -0.3 is 39.0 Å². The van der Waals surface area contributed by atoms with Crippen LogP contribution in [0, 0.1) is 29.5 Å². The molecular formula is C41H64FNO11. The lowest BCUT2D eigenvalue weighted by Crippen LogP contribution is -2.65. The van der Waals surface area contributed by atoms with Crippen LogP contribution in [0.15, 0.2) is 24.3 Å². The number of esters is 2. The highest BCUT2D eigenvalue weighted by Gasteiger charge is 2.56. The van der Waals surface area contributed by atoms with E-state index in [1.807, 2.05) is 14.0 Å². The molecule has 1 saturated carbocycles. The molecule has 0 bridgehead atoms. The fourth-order valence-electron chi connectivity index (χ4n) is 8.78. The summed E-state index contributed by atoms with van der Waals surface area (Å²) in [5.74, 6) is -7.92. The number of halogens is 1. The first kappa shape index (κ1) is 44.2. The van der Waals surface area contributed by atoms with Gasteiger partial charge in [0.1, 0.15) is 35.5 Å². The molecule has 2 heterocycles. The standard InChI is InChI=1S/C41H64FNO11/c1-12-31-40(8,49)35(46)24(4)33(45)22(2)21-39(7,50-11)37(54-41(9)36(47)30(18-23(3)53-41)43(10)29-16-17-29)25(5)34(26(6)38(48)51-31)52-32(44)20-27-14-13-15-28(42)19-27/h13-15,19,22-26,29-31,34-37,46-47,49H,12,16-18,20-21H2,1-11H3/t22-,23-,24+,25+,26-,30+,31-,34+,35-,36-,37-,39-,40-,41+/m1/s1. The molecule has 14 atom stereocenters. The molecule has 3 N–H and O–H groups in total. The number of aliphatic hydroxyl groups excluding tert-OH is 2. The van der Waals surface area contributed by atoms with E-state index in [1.165, 1.54) is 46.1 Å². The minimum Gasteiger partial charge on any atom is -0.461 e. The number of hydrogen-bond acceptors (Lipinski definition) is 12. The van der Waals surface area contributed by atoms with Crippen LogP contribution in [-0.4, -0.2) is 118 Å². The number of rotatable bonds is 9. The maximum absolute atomic E-state index is 14.1. The van der Waals surface area contributed by atoms with E-state index in [-0.39, 0.29) is 37.2 Å². The number of Topliss-reactive ketones (excluding diaryl/α,β-unsaturated/α-hetero) is 1. The minimum atomic E-state index is -2.02. The Kier molecular flexibility index (Phi) is 14.2. The smallest absolute Gasteiger partial charge is 0.312 e. The number of methoxy groups -OCH3 is 1. The molecule has 0 radical (unpaired) electrons. The largest absolute Gasteiger partial charge is 0.461 e. The highest BCUT2D eigenvalue weighted by Crippen LogP contribution is 2.44. The monoisotopic (exact) mass is 765 g/mol. The van der Waals surface area contributed by atoms with Crippen molar-refractivity contribution < 1.29 is 57.8 Å². The zero-order valence-corrected chi connectivity index (χ0v) is 33.9. The van der Waals surface area contributed by atoms with E-state index in [4.69, 9.17) is 23.7 Å². The van der Waals surface area contributed by atoms with Crippen molar-refractivity contribution in [2.45, 2.75) is 167 Å². The Balaban J connectivity index is 1.85. The number of carbonyl (C=O) groups is 3. The molecule has 4 rings (SSSR count). The summed E-state index contributed by atoms with van der Waals surface area (Å²) in [6.45, 7) is 14.8. The quantitative estimate of drug-likeness (QED) is 0.305. The number of aliphatic hydroxyl groups is 3. The fourth-order valence-corrected chi connectivity index (χ4v) is 8.78. The van der Waals surface area contributed by atoms with Gasteiger partial charge in [-0.05, 0) is 91.5 Å². The molecule has 2 aliphatic heterocycles.